The maximum absolute atomic E-state index is 2.49. The molecular weight excluding hydrogens is 436 g/mol. The number of rotatable bonds is 2. The zero-order chi connectivity index (χ0) is 24.4. The zero-order valence-electron chi connectivity index (χ0n) is 20.9. The lowest BCUT2D eigenvalue weighted by molar-refractivity contribution is 0.423. The summed E-state index contributed by atoms with van der Waals surface area (Å²) < 4.78 is 4.86. The minimum absolute atomic E-state index is 0.0208. The largest absolute Gasteiger partial charge is 0.335 e. The fraction of sp³-hybridized carbons (Fsp3) is 0.118. The third kappa shape index (κ3) is 3.04. The van der Waals surface area contributed by atoms with Crippen LogP contribution in [0, 0.1) is 0 Å². The number of fused-ring (bicyclic) bond motifs is 6. The Morgan fingerprint density at radius 2 is 1.00 bits per heavy atom. The summed E-state index contributed by atoms with van der Waals surface area (Å²) in [5.41, 5.74) is 8.70. The van der Waals surface area contributed by atoms with E-state index in [2.05, 4.69) is 145 Å². The van der Waals surface area contributed by atoms with E-state index in [4.69, 9.17) is 0 Å². The Morgan fingerprint density at radius 1 is 0.444 bits per heavy atom. The monoisotopic (exact) mass is 464 g/mol. The Bertz CT molecular complexity index is 1910. The summed E-state index contributed by atoms with van der Waals surface area (Å²) in [5.74, 6) is 0. The van der Waals surface area contributed by atoms with Gasteiger partial charge in [-0.25, -0.2) is 0 Å². The molecule has 0 aliphatic rings. The van der Waals surface area contributed by atoms with Crippen molar-refractivity contribution in [1.82, 2.24) is 9.13 Å². The van der Waals surface area contributed by atoms with Crippen molar-refractivity contribution in [2.24, 2.45) is 0 Å². The van der Waals surface area contributed by atoms with Crippen molar-refractivity contribution >= 4 is 43.6 Å². The van der Waals surface area contributed by atoms with Gasteiger partial charge >= 0.3 is 0 Å². The molecule has 0 radical (unpaired) electrons. The van der Waals surface area contributed by atoms with Gasteiger partial charge in [-0.05, 0) is 74.4 Å². The molecule has 0 amide bonds. The molecule has 0 N–H and O–H groups in total. The molecule has 2 aromatic heterocycles. The lowest BCUT2D eigenvalue weighted by Gasteiger charge is -2.24. The first-order valence-electron chi connectivity index (χ1n) is 12.6. The van der Waals surface area contributed by atoms with Crippen LogP contribution in [-0.4, -0.2) is 9.13 Å². The molecule has 0 unspecified atom stereocenters. The first-order valence-corrected chi connectivity index (χ1v) is 12.6. The van der Waals surface area contributed by atoms with Crippen molar-refractivity contribution in [2.75, 3.05) is 0 Å². The van der Waals surface area contributed by atoms with Crippen LogP contribution in [0.25, 0.3) is 60.4 Å². The van der Waals surface area contributed by atoms with Crippen LogP contribution in [0.5, 0.6) is 0 Å². The average Bonchev–Trinajstić information content (AvgIpc) is 3.41. The predicted octanol–water partition coefficient (Wildman–Crippen LogP) is 9.31. The summed E-state index contributed by atoms with van der Waals surface area (Å²) in [6.45, 7) is 6.86. The van der Waals surface area contributed by atoms with Gasteiger partial charge in [0.2, 0.25) is 0 Å². The minimum atomic E-state index is -0.0208. The first-order chi connectivity index (χ1) is 17.5. The number of aromatic nitrogens is 2. The van der Waals surface area contributed by atoms with Crippen LogP contribution >= 0.6 is 0 Å². The van der Waals surface area contributed by atoms with Crippen molar-refractivity contribution in [3.05, 3.63) is 115 Å². The highest BCUT2D eigenvalue weighted by molar-refractivity contribution is 6.12. The lowest BCUT2D eigenvalue weighted by atomic mass is 10.0. The smallest absolute Gasteiger partial charge is 0.0541 e. The summed E-state index contributed by atoms with van der Waals surface area (Å²) in [6, 6.07) is 42.0. The van der Waals surface area contributed by atoms with Gasteiger partial charge in [-0.1, -0.05) is 72.8 Å². The van der Waals surface area contributed by atoms with E-state index in [0.717, 1.165) is 0 Å². The fourth-order valence-corrected chi connectivity index (χ4v) is 5.88. The molecule has 0 spiro atoms. The molecule has 0 saturated carbocycles. The molecular formula is C34H28N2. The van der Waals surface area contributed by atoms with Gasteiger partial charge in [0, 0.05) is 38.3 Å². The Morgan fingerprint density at radius 3 is 1.75 bits per heavy atom. The molecule has 0 aliphatic heterocycles. The normalized spacial score (nSPS) is 12.3. The van der Waals surface area contributed by atoms with E-state index < -0.39 is 0 Å². The lowest BCUT2D eigenvalue weighted by Crippen LogP contribution is -2.21. The maximum atomic E-state index is 2.49. The number of nitrogens with zero attached hydrogens (tertiary/aromatic N) is 2. The van der Waals surface area contributed by atoms with Gasteiger partial charge in [0.25, 0.3) is 0 Å². The quantitative estimate of drug-likeness (QED) is 0.241. The highest BCUT2D eigenvalue weighted by atomic mass is 15.0. The van der Waals surface area contributed by atoms with Gasteiger partial charge in [-0.15, -0.1) is 0 Å². The molecule has 0 saturated heterocycles. The second-order valence-corrected chi connectivity index (χ2v) is 10.7. The van der Waals surface area contributed by atoms with Crippen molar-refractivity contribution < 1.29 is 0 Å². The van der Waals surface area contributed by atoms with Gasteiger partial charge in [-0.3, -0.25) is 0 Å². The van der Waals surface area contributed by atoms with E-state index in [-0.39, 0.29) is 5.54 Å². The van der Waals surface area contributed by atoms with Gasteiger partial charge in [0.1, 0.15) is 0 Å². The van der Waals surface area contributed by atoms with Crippen molar-refractivity contribution in [1.29, 1.82) is 0 Å². The van der Waals surface area contributed by atoms with Crippen LogP contribution < -0.4 is 0 Å². The zero-order valence-corrected chi connectivity index (χ0v) is 20.9. The molecule has 2 heteroatoms. The van der Waals surface area contributed by atoms with Gasteiger partial charge in [-0.2, -0.15) is 0 Å². The molecule has 7 aromatic rings. The Labute approximate surface area is 211 Å². The van der Waals surface area contributed by atoms with Crippen LogP contribution in [0.15, 0.2) is 115 Å². The standard InChI is InChI=1S/C34H28N2/c1-34(2,3)36-32-16-10-8-13-26(32)28-19-17-24(22-33(28)36)23-18-20-31-29(21-23)27-14-7-9-15-30(27)35(31)25-11-5-4-6-12-25/h4-22H,1-3H3. The second-order valence-electron chi connectivity index (χ2n) is 10.7. The molecule has 0 bridgehead atoms. The number of para-hydroxylation sites is 3. The predicted molar refractivity (Wildman–Crippen MR) is 154 cm³/mol. The van der Waals surface area contributed by atoms with Crippen LogP contribution in [0.1, 0.15) is 20.8 Å². The van der Waals surface area contributed by atoms with Gasteiger partial charge < -0.3 is 9.13 Å². The SMILES string of the molecule is CC(C)(C)n1c2ccccc2c2ccc(-c3ccc4c(c3)c3ccccc3n4-c3ccccc3)cc21. The van der Waals surface area contributed by atoms with Crippen molar-refractivity contribution in [3.8, 4) is 16.8 Å². The molecule has 7 rings (SSSR count). The van der Waals surface area contributed by atoms with E-state index in [1.54, 1.807) is 0 Å². The highest BCUT2D eigenvalue weighted by Gasteiger charge is 2.21. The van der Waals surface area contributed by atoms with Gasteiger partial charge in [0.15, 0.2) is 0 Å². The van der Waals surface area contributed by atoms with Crippen molar-refractivity contribution in [2.45, 2.75) is 26.3 Å². The Hall–Kier alpha value is -4.30. The summed E-state index contributed by atoms with van der Waals surface area (Å²) in [7, 11) is 0. The topological polar surface area (TPSA) is 9.86 Å². The molecule has 2 nitrogen and oxygen atoms in total. The number of benzene rings is 5. The highest BCUT2D eigenvalue weighted by Crippen LogP contribution is 2.38. The van der Waals surface area contributed by atoms with E-state index in [0.29, 0.717) is 0 Å². The van der Waals surface area contributed by atoms with E-state index in [1.165, 1.54) is 60.4 Å². The molecule has 174 valence electrons. The second kappa shape index (κ2) is 7.60. The third-order valence-corrected chi connectivity index (χ3v) is 7.36. The number of hydrogen-bond acceptors (Lipinski definition) is 0. The van der Waals surface area contributed by atoms with E-state index >= 15 is 0 Å². The Balaban J connectivity index is 1.49. The maximum Gasteiger partial charge on any atom is 0.0541 e. The van der Waals surface area contributed by atoms with Crippen LogP contribution in [0.3, 0.4) is 0 Å². The first kappa shape index (κ1) is 21.0. The fourth-order valence-electron chi connectivity index (χ4n) is 5.88. The molecule has 2 heterocycles. The minimum Gasteiger partial charge on any atom is -0.335 e. The third-order valence-electron chi connectivity index (χ3n) is 7.36. The van der Waals surface area contributed by atoms with E-state index in [9.17, 15) is 0 Å². The summed E-state index contributed by atoms with van der Waals surface area (Å²) >= 11 is 0. The molecule has 5 aromatic carbocycles. The Kier molecular flexibility index (Phi) is 4.44. The summed E-state index contributed by atoms with van der Waals surface area (Å²) in [6.07, 6.45) is 0. The molecule has 0 fully saturated rings. The molecule has 0 atom stereocenters. The van der Waals surface area contributed by atoms with E-state index in [1.807, 2.05) is 0 Å². The van der Waals surface area contributed by atoms with Crippen LogP contribution in [0.2, 0.25) is 0 Å². The number of hydrogen-bond donors (Lipinski definition) is 0. The van der Waals surface area contributed by atoms with Crippen LogP contribution in [-0.2, 0) is 5.54 Å². The summed E-state index contributed by atoms with van der Waals surface area (Å²) in [4.78, 5) is 0. The average molecular weight is 465 g/mol. The van der Waals surface area contributed by atoms with Gasteiger partial charge in [0.05, 0.1) is 16.6 Å². The van der Waals surface area contributed by atoms with Crippen LogP contribution in [0.4, 0.5) is 0 Å². The van der Waals surface area contributed by atoms with Crippen molar-refractivity contribution in [3.63, 3.8) is 0 Å². The summed E-state index contributed by atoms with van der Waals surface area (Å²) in [5, 5.41) is 5.19. The molecule has 0 aliphatic carbocycles. The molecule has 36 heavy (non-hydrogen) atoms.